The summed E-state index contributed by atoms with van der Waals surface area (Å²) in [5.41, 5.74) is 0. The summed E-state index contributed by atoms with van der Waals surface area (Å²) in [7, 11) is 0. The largest absolute Gasteiger partial charge is 0.481 e. The quantitative estimate of drug-likeness (QED) is 0.524. The molecule has 0 aromatic rings. The second kappa shape index (κ2) is 6.34. The molecule has 0 aromatic carbocycles. The van der Waals surface area contributed by atoms with E-state index in [1.165, 1.54) is 0 Å². The van der Waals surface area contributed by atoms with E-state index in [2.05, 4.69) is 10.6 Å². The summed E-state index contributed by atoms with van der Waals surface area (Å²) < 4.78 is 0. The lowest BCUT2D eigenvalue weighted by molar-refractivity contribution is -0.147. The molecule has 7 heteroatoms. The van der Waals surface area contributed by atoms with Crippen LogP contribution in [0.1, 0.15) is 26.2 Å². The number of carbonyl (C=O) groups excluding carboxylic acids is 1. The molecule has 1 amide bonds. The zero-order valence-electron chi connectivity index (χ0n) is 10.2. The maximum Gasteiger partial charge on any atom is 0.326 e. The van der Waals surface area contributed by atoms with Crippen molar-refractivity contribution < 1.29 is 24.6 Å². The molecule has 18 heavy (non-hydrogen) atoms. The van der Waals surface area contributed by atoms with Gasteiger partial charge in [0.05, 0.1) is 12.5 Å². The van der Waals surface area contributed by atoms with E-state index in [-0.39, 0.29) is 5.92 Å². The third-order valence-corrected chi connectivity index (χ3v) is 3.05. The van der Waals surface area contributed by atoms with Crippen LogP contribution in [0.2, 0.25) is 0 Å². The Bertz CT molecular complexity index is 344. The first-order chi connectivity index (χ1) is 8.41. The van der Waals surface area contributed by atoms with Crippen LogP contribution < -0.4 is 10.6 Å². The van der Waals surface area contributed by atoms with Gasteiger partial charge in [0.15, 0.2) is 0 Å². The smallest absolute Gasteiger partial charge is 0.326 e. The molecule has 7 nitrogen and oxygen atoms in total. The van der Waals surface area contributed by atoms with E-state index in [4.69, 9.17) is 10.2 Å². The van der Waals surface area contributed by atoms with Gasteiger partial charge in [-0.2, -0.15) is 0 Å². The number of hydrogen-bond donors (Lipinski definition) is 4. The fourth-order valence-corrected chi connectivity index (χ4v) is 2.04. The minimum atomic E-state index is -1.38. The Morgan fingerprint density at radius 1 is 1.39 bits per heavy atom. The number of aliphatic carboxylic acids is 2. The number of nitrogens with one attached hydrogen (secondary N) is 2. The summed E-state index contributed by atoms with van der Waals surface area (Å²) in [5, 5.41) is 22.7. The van der Waals surface area contributed by atoms with Crippen molar-refractivity contribution in [3.63, 3.8) is 0 Å². The van der Waals surface area contributed by atoms with Crippen molar-refractivity contribution in [1.29, 1.82) is 0 Å². The number of hydrogen-bond acceptors (Lipinski definition) is 4. The first-order valence-corrected chi connectivity index (χ1v) is 5.90. The topological polar surface area (TPSA) is 116 Å². The van der Waals surface area contributed by atoms with E-state index < -0.39 is 36.4 Å². The van der Waals surface area contributed by atoms with Crippen LogP contribution in [0.5, 0.6) is 0 Å². The van der Waals surface area contributed by atoms with Crippen LogP contribution in [0.4, 0.5) is 0 Å². The first-order valence-electron chi connectivity index (χ1n) is 5.90. The highest BCUT2D eigenvalue weighted by Gasteiger charge is 2.31. The van der Waals surface area contributed by atoms with Gasteiger partial charge in [0.1, 0.15) is 6.04 Å². The van der Waals surface area contributed by atoms with E-state index in [0.717, 1.165) is 12.8 Å². The van der Waals surface area contributed by atoms with E-state index in [1.807, 2.05) is 6.92 Å². The molecule has 1 aliphatic rings. The highest BCUT2D eigenvalue weighted by molar-refractivity contribution is 5.89. The van der Waals surface area contributed by atoms with E-state index in [1.54, 1.807) is 0 Å². The Kier molecular flexibility index (Phi) is 5.08. The number of piperidine rings is 1. The lowest BCUT2D eigenvalue weighted by Crippen LogP contribution is -2.54. The van der Waals surface area contributed by atoms with Crippen molar-refractivity contribution in [3.05, 3.63) is 0 Å². The average Bonchev–Trinajstić information content (AvgIpc) is 2.27. The minimum Gasteiger partial charge on any atom is -0.481 e. The first kappa shape index (κ1) is 14.4. The molecule has 0 bridgehead atoms. The van der Waals surface area contributed by atoms with E-state index in [9.17, 15) is 14.4 Å². The average molecular weight is 258 g/mol. The summed E-state index contributed by atoms with van der Waals surface area (Å²) >= 11 is 0. The lowest BCUT2D eigenvalue weighted by Gasteiger charge is -2.29. The molecule has 1 heterocycles. The number of carboxylic acids is 2. The van der Waals surface area contributed by atoms with Crippen LogP contribution in [-0.4, -0.2) is 46.7 Å². The van der Waals surface area contributed by atoms with Gasteiger partial charge in [-0.15, -0.1) is 0 Å². The molecule has 0 aliphatic carbocycles. The molecular formula is C11H18N2O5. The second-order valence-electron chi connectivity index (χ2n) is 4.55. The normalized spacial score (nSPS) is 25.2. The van der Waals surface area contributed by atoms with Crippen LogP contribution in [0.25, 0.3) is 0 Å². The van der Waals surface area contributed by atoms with Crippen molar-refractivity contribution in [3.8, 4) is 0 Å². The van der Waals surface area contributed by atoms with Crippen molar-refractivity contribution in [2.45, 2.75) is 38.3 Å². The van der Waals surface area contributed by atoms with Crippen LogP contribution in [0.3, 0.4) is 0 Å². The minimum absolute atomic E-state index is 0.109. The zero-order chi connectivity index (χ0) is 13.7. The molecule has 1 saturated heterocycles. The van der Waals surface area contributed by atoms with Crippen LogP contribution in [-0.2, 0) is 14.4 Å². The predicted octanol–water partition coefficient (Wildman–Crippen LogP) is -0.581. The third kappa shape index (κ3) is 3.99. The molecule has 1 fully saturated rings. The summed E-state index contributed by atoms with van der Waals surface area (Å²) in [6, 6.07) is -1.83. The molecular weight excluding hydrogens is 240 g/mol. The molecule has 3 atom stereocenters. The van der Waals surface area contributed by atoms with E-state index >= 15 is 0 Å². The third-order valence-electron chi connectivity index (χ3n) is 3.05. The predicted molar refractivity (Wildman–Crippen MR) is 62.0 cm³/mol. The maximum absolute atomic E-state index is 11.9. The number of carbonyl (C=O) groups is 3. The zero-order valence-corrected chi connectivity index (χ0v) is 10.2. The molecule has 0 radical (unpaired) electrons. The van der Waals surface area contributed by atoms with Crippen LogP contribution >= 0.6 is 0 Å². The SMILES string of the molecule is CC1CCCNC1C(=O)NC(CC(=O)O)C(=O)O. The van der Waals surface area contributed by atoms with Gasteiger partial charge in [-0.05, 0) is 25.3 Å². The number of rotatable bonds is 5. The Hall–Kier alpha value is -1.63. The summed E-state index contributed by atoms with van der Waals surface area (Å²) in [4.78, 5) is 33.2. The van der Waals surface area contributed by atoms with Crippen LogP contribution in [0, 0.1) is 5.92 Å². The van der Waals surface area contributed by atoms with Gasteiger partial charge in [0.25, 0.3) is 0 Å². The van der Waals surface area contributed by atoms with Crippen LogP contribution in [0.15, 0.2) is 0 Å². The molecule has 4 N–H and O–H groups in total. The summed E-state index contributed by atoms with van der Waals surface area (Å²) in [6.07, 6.45) is 1.24. The summed E-state index contributed by atoms with van der Waals surface area (Å²) in [6.45, 7) is 2.61. The number of amides is 1. The van der Waals surface area contributed by atoms with Gasteiger partial charge < -0.3 is 20.8 Å². The van der Waals surface area contributed by atoms with Crippen molar-refractivity contribution in [2.75, 3.05) is 6.54 Å². The Balaban J connectivity index is 2.59. The van der Waals surface area contributed by atoms with Gasteiger partial charge in [-0.1, -0.05) is 6.92 Å². The van der Waals surface area contributed by atoms with Gasteiger partial charge >= 0.3 is 11.9 Å². The standard InChI is InChI=1S/C11H18N2O5/c1-6-3-2-4-12-9(6)10(16)13-7(11(17)18)5-8(14)15/h6-7,9,12H,2-5H2,1H3,(H,13,16)(H,14,15)(H,17,18). The van der Waals surface area contributed by atoms with Crippen molar-refractivity contribution in [2.24, 2.45) is 5.92 Å². The second-order valence-corrected chi connectivity index (χ2v) is 4.55. The Labute approximate surface area is 105 Å². The highest BCUT2D eigenvalue weighted by Crippen LogP contribution is 2.15. The Morgan fingerprint density at radius 3 is 2.56 bits per heavy atom. The fourth-order valence-electron chi connectivity index (χ4n) is 2.04. The molecule has 3 unspecified atom stereocenters. The van der Waals surface area contributed by atoms with E-state index in [0.29, 0.717) is 6.54 Å². The van der Waals surface area contributed by atoms with Gasteiger partial charge in [-0.3, -0.25) is 9.59 Å². The molecule has 1 rings (SSSR count). The number of carboxylic acid groups (broad SMARTS) is 2. The molecule has 0 aromatic heterocycles. The highest BCUT2D eigenvalue weighted by atomic mass is 16.4. The summed E-state index contributed by atoms with van der Waals surface area (Å²) in [5.74, 6) is -2.93. The molecule has 0 saturated carbocycles. The monoisotopic (exact) mass is 258 g/mol. The van der Waals surface area contributed by atoms with Crippen molar-refractivity contribution >= 4 is 17.8 Å². The van der Waals surface area contributed by atoms with Gasteiger partial charge in [-0.25, -0.2) is 4.79 Å². The molecule has 1 aliphatic heterocycles. The van der Waals surface area contributed by atoms with Crippen molar-refractivity contribution in [1.82, 2.24) is 10.6 Å². The van der Waals surface area contributed by atoms with Gasteiger partial charge in [0.2, 0.25) is 5.91 Å². The Morgan fingerprint density at radius 2 is 2.06 bits per heavy atom. The fraction of sp³-hybridized carbons (Fsp3) is 0.727. The maximum atomic E-state index is 11.9. The molecule has 0 spiro atoms. The molecule has 102 valence electrons. The van der Waals surface area contributed by atoms with Gasteiger partial charge in [0, 0.05) is 0 Å². The lowest BCUT2D eigenvalue weighted by atomic mass is 9.92.